The summed E-state index contributed by atoms with van der Waals surface area (Å²) < 4.78 is 7.21. The molecule has 1 aliphatic heterocycles. The van der Waals surface area contributed by atoms with E-state index >= 15 is 0 Å². The Morgan fingerprint density at radius 3 is 2.94 bits per heavy atom. The van der Waals surface area contributed by atoms with Gasteiger partial charge < -0.3 is 19.5 Å². The summed E-state index contributed by atoms with van der Waals surface area (Å²) in [7, 11) is 1.90. The minimum absolute atomic E-state index is 0.000917. The molecular formula is C22H23N7O4. The van der Waals surface area contributed by atoms with E-state index in [9.17, 15) is 4.79 Å². The zero-order valence-corrected chi connectivity index (χ0v) is 18.3. The summed E-state index contributed by atoms with van der Waals surface area (Å²) in [5.41, 5.74) is 6.88. The van der Waals surface area contributed by atoms with E-state index in [1.165, 1.54) is 0 Å². The van der Waals surface area contributed by atoms with E-state index in [2.05, 4.69) is 25.2 Å². The van der Waals surface area contributed by atoms with E-state index in [4.69, 9.17) is 14.4 Å². The first-order valence-electron chi connectivity index (χ1n) is 10.7. The number of imidazole rings is 1. The van der Waals surface area contributed by atoms with Crippen LogP contribution in [0.1, 0.15) is 56.6 Å². The molecule has 1 unspecified atom stereocenters. The van der Waals surface area contributed by atoms with Crippen molar-refractivity contribution in [3.63, 3.8) is 0 Å². The topological polar surface area (TPSA) is 143 Å². The maximum atomic E-state index is 13.9. The molecule has 170 valence electrons. The summed E-state index contributed by atoms with van der Waals surface area (Å²) in [5.74, 6) is -0.0208. The van der Waals surface area contributed by atoms with Crippen LogP contribution < -0.4 is 0 Å². The van der Waals surface area contributed by atoms with Gasteiger partial charge in [0.25, 0.3) is 18.1 Å². The van der Waals surface area contributed by atoms with Gasteiger partial charge in [-0.3, -0.25) is 14.3 Å². The average Bonchev–Trinajstić information content (AvgIpc) is 3.59. The molecule has 0 fully saturated rings. The molecule has 2 aliphatic rings. The molecule has 11 nitrogen and oxygen atoms in total. The Balaban J connectivity index is 0.000000724. The van der Waals surface area contributed by atoms with Gasteiger partial charge in [0.15, 0.2) is 0 Å². The number of nitrogens with zero attached hydrogens (tertiary/aromatic N) is 6. The molecule has 1 aliphatic carbocycles. The quantitative estimate of drug-likeness (QED) is 0.442. The fourth-order valence-corrected chi connectivity index (χ4v) is 4.87. The average molecular weight is 449 g/mol. The maximum Gasteiger partial charge on any atom is 0.290 e. The number of carbonyl (C=O) groups is 2. The Bertz CT molecular complexity index is 1350. The van der Waals surface area contributed by atoms with Crippen molar-refractivity contribution in [1.29, 1.82) is 0 Å². The number of hydrogen-bond acceptors (Lipinski definition) is 7. The van der Waals surface area contributed by atoms with Crippen LogP contribution in [0.25, 0.3) is 11.1 Å². The van der Waals surface area contributed by atoms with Crippen LogP contribution in [0.4, 0.5) is 0 Å². The normalized spacial score (nSPS) is 16.8. The Labute approximate surface area is 188 Å². The zero-order valence-electron chi connectivity index (χ0n) is 18.3. The number of carboxylic acid groups (broad SMARTS) is 1. The first kappa shape index (κ1) is 20.9. The third-order valence-corrected chi connectivity index (χ3v) is 6.28. The molecule has 1 atom stereocenters. The van der Waals surface area contributed by atoms with Gasteiger partial charge in [0.05, 0.1) is 47.1 Å². The first-order valence-corrected chi connectivity index (χ1v) is 10.7. The third-order valence-electron chi connectivity index (χ3n) is 6.28. The van der Waals surface area contributed by atoms with E-state index < -0.39 is 0 Å². The van der Waals surface area contributed by atoms with Crippen molar-refractivity contribution in [2.45, 2.75) is 38.6 Å². The smallest absolute Gasteiger partial charge is 0.290 e. The molecule has 1 amide bonds. The van der Waals surface area contributed by atoms with Crippen LogP contribution >= 0.6 is 0 Å². The highest BCUT2D eigenvalue weighted by molar-refractivity contribution is 6.07. The lowest BCUT2D eigenvalue weighted by Gasteiger charge is -2.32. The van der Waals surface area contributed by atoms with Crippen LogP contribution in [0, 0.1) is 6.92 Å². The van der Waals surface area contributed by atoms with E-state index in [-0.39, 0.29) is 18.3 Å². The number of hydrogen-bond donors (Lipinski definition) is 2. The number of amides is 1. The Kier molecular flexibility index (Phi) is 5.15. The monoisotopic (exact) mass is 449 g/mol. The van der Waals surface area contributed by atoms with Crippen LogP contribution in [0.2, 0.25) is 0 Å². The van der Waals surface area contributed by atoms with Crippen LogP contribution in [-0.2, 0) is 31.2 Å². The lowest BCUT2D eigenvalue weighted by molar-refractivity contribution is -0.122. The molecule has 2 N–H and O–H groups in total. The molecule has 0 saturated carbocycles. The van der Waals surface area contributed by atoms with E-state index in [0.717, 1.165) is 52.9 Å². The van der Waals surface area contributed by atoms with Crippen molar-refractivity contribution in [1.82, 2.24) is 34.8 Å². The van der Waals surface area contributed by atoms with Gasteiger partial charge >= 0.3 is 0 Å². The number of aromatic nitrogens is 6. The van der Waals surface area contributed by atoms with E-state index in [0.29, 0.717) is 30.1 Å². The highest BCUT2D eigenvalue weighted by atomic mass is 16.5. The van der Waals surface area contributed by atoms with Crippen LogP contribution in [0.5, 0.6) is 0 Å². The van der Waals surface area contributed by atoms with Gasteiger partial charge in [-0.1, -0.05) is 5.16 Å². The SMILES string of the molecule is Cc1noc2nc3c(c(C(=O)N4Cc5[nH]cnc5C(c5cnn(C)c5)C4)c12)CCC3.O=CO. The van der Waals surface area contributed by atoms with Crippen molar-refractivity contribution in [3.8, 4) is 0 Å². The van der Waals surface area contributed by atoms with E-state index in [1.54, 1.807) is 11.0 Å². The van der Waals surface area contributed by atoms with Crippen molar-refractivity contribution < 1.29 is 19.2 Å². The predicted molar refractivity (Wildman–Crippen MR) is 116 cm³/mol. The number of aromatic amines is 1. The van der Waals surface area contributed by atoms with Crippen molar-refractivity contribution in [3.05, 3.63) is 58.2 Å². The van der Waals surface area contributed by atoms with Gasteiger partial charge in [0.2, 0.25) is 0 Å². The number of rotatable bonds is 2. The summed E-state index contributed by atoms with van der Waals surface area (Å²) in [4.78, 5) is 36.6. The third kappa shape index (κ3) is 3.45. The van der Waals surface area contributed by atoms with Gasteiger partial charge in [0, 0.05) is 37.0 Å². The Morgan fingerprint density at radius 2 is 2.18 bits per heavy atom. The molecular weight excluding hydrogens is 426 g/mol. The fourth-order valence-electron chi connectivity index (χ4n) is 4.87. The largest absolute Gasteiger partial charge is 0.483 e. The van der Waals surface area contributed by atoms with E-state index in [1.807, 2.05) is 31.3 Å². The number of H-pyrrole nitrogens is 1. The van der Waals surface area contributed by atoms with Gasteiger partial charge in [-0.25, -0.2) is 9.97 Å². The fraction of sp³-hybridized carbons (Fsp3) is 0.364. The van der Waals surface area contributed by atoms with Crippen molar-refractivity contribution >= 4 is 23.5 Å². The minimum atomic E-state index is -0.250. The lowest BCUT2D eigenvalue weighted by Crippen LogP contribution is -2.39. The zero-order chi connectivity index (χ0) is 23.1. The molecule has 4 aromatic rings. The second-order valence-electron chi connectivity index (χ2n) is 8.27. The first-order chi connectivity index (χ1) is 16.0. The molecule has 5 heterocycles. The number of fused-ring (bicyclic) bond motifs is 3. The summed E-state index contributed by atoms with van der Waals surface area (Å²) in [6, 6.07) is 0. The Morgan fingerprint density at radius 1 is 1.36 bits per heavy atom. The summed E-state index contributed by atoms with van der Waals surface area (Å²) in [6.07, 6.45) is 8.28. The maximum absolute atomic E-state index is 13.9. The van der Waals surface area contributed by atoms with Gasteiger partial charge in [-0.15, -0.1) is 0 Å². The second-order valence-corrected chi connectivity index (χ2v) is 8.27. The summed E-state index contributed by atoms with van der Waals surface area (Å²) in [5, 5.41) is 16.0. The number of nitrogens with one attached hydrogen (secondary N) is 1. The highest BCUT2D eigenvalue weighted by Crippen LogP contribution is 2.36. The molecule has 0 aromatic carbocycles. The summed E-state index contributed by atoms with van der Waals surface area (Å²) in [6.45, 7) is 2.66. The Hall–Kier alpha value is -4.02. The minimum Gasteiger partial charge on any atom is -0.483 e. The number of carbonyl (C=O) groups excluding carboxylic acids is 1. The van der Waals surface area contributed by atoms with Crippen molar-refractivity contribution in [2.24, 2.45) is 7.05 Å². The predicted octanol–water partition coefficient (Wildman–Crippen LogP) is 1.97. The van der Waals surface area contributed by atoms with Gasteiger partial charge in [-0.2, -0.15) is 5.10 Å². The molecule has 0 spiro atoms. The molecule has 4 aromatic heterocycles. The molecule has 33 heavy (non-hydrogen) atoms. The van der Waals surface area contributed by atoms with Crippen LogP contribution in [0.15, 0.2) is 23.2 Å². The molecule has 11 heteroatoms. The molecule has 0 radical (unpaired) electrons. The second kappa shape index (κ2) is 8.15. The van der Waals surface area contributed by atoms with Gasteiger partial charge in [-0.05, 0) is 31.7 Å². The van der Waals surface area contributed by atoms with Crippen molar-refractivity contribution in [2.75, 3.05) is 6.54 Å². The number of aryl methyl sites for hydroxylation is 3. The standard InChI is InChI=1S/C21H21N7O2.CH2O2/c1-11-17-18(13-4-3-5-15(13)25-20(17)30-26-11)21(29)28-8-14(12-6-24-27(2)7-12)19-16(9-28)22-10-23-19;2-1-3/h6-7,10,14H,3-5,8-9H2,1-2H3,(H,22,23);1H,(H,2,3). The van der Waals surface area contributed by atoms with Crippen LogP contribution in [-0.4, -0.2) is 58.8 Å². The van der Waals surface area contributed by atoms with Gasteiger partial charge in [0.1, 0.15) is 0 Å². The molecule has 6 rings (SSSR count). The molecule has 0 bridgehead atoms. The lowest BCUT2D eigenvalue weighted by atomic mass is 9.92. The molecule has 0 saturated heterocycles. The summed E-state index contributed by atoms with van der Waals surface area (Å²) >= 11 is 0. The highest BCUT2D eigenvalue weighted by Gasteiger charge is 2.35. The number of pyridine rings is 1. The van der Waals surface area contributed by atoms with Crippen LogP contribution in [0.3, 0.4) is 0 Å².